The largest absolute Gasteiger partial charge is 0.469 e. The first-order chi connectivity index (χ1) is 12.6. The van der Waals surface area contributed by atoms with Crippen molar-refractivity contribution in [3.05, 3.63) is 54.3 Å². The van der Waals surface area contributed by atoms with Gasteiger partial charge in [0, 0.05) is 26.1 Å². The number of Topliss-reactive ketones (excluding diaryl/α,β-unsaturated/α-hetero) is 1. The second kappa shape index (κ2) is 7.97. The molecule has 8 nitrogen and oxygen atoms in total. The van der Waals surface area contributed by atoms with Gasteiger partial charge in [-0.1, -0.05) is 11.6 Å². The Balaban J connectivity index is 2.66. The summed E-state index contributed by atoms with van der Waals surface area (Å²) >= 11 is 10.9. The van der Waals surface area contributed by atoms with E-state index in [9.17, 15) is 23.6 Å². The highest BCUT2D eigenvalue weighted by Gasteiger charge is 2.20. The molecule has 0 amide bonds. The number of rotatable bonds is 5. The van der Waals surface area contributed by atoms with Crippen molar-refractivity contribution in [3.8, 4) is 5.69 Å². The van der Waals surface area contributed by atoms with E-state index in [4.69, 9.17) is 23.8 Å². The van der Waals surface area contributed by atoms with Gasteiger partial charge in [-0.2, -0.15) is 0 Å². The molecule has 11 heteroatoms. The van der Waals surface area contributed by atoms with Gasteiger partial charge >= 0.3 is 17.3 Å². The summed E-state index contributed by atoms with van der Waals surface area (Å²) in [6.45, 7) is 0. The predicted octanol–water partition coefficient (Wildman–Crippen LogP) is 1.53. The minimum atomic E-state index is -0.971. The summed E-state index contributed by atoms with van der Waals surface area (Å²) in [6.07, 6.45) is -0.428. The van der Waals surface area contributed by atoms with Crippen LogP contribution >= 0.6 is 23.8 Å². The Kier molecular flexibility index (Phi) is 6.11. The van der Waals surface area contributed by atoms with Gasteiger partial charge in [0.25, 0.3) is 0 Å². The third-order valence-corrected chi connectivity index (χ3v) is 4.75. The second-order valence-corrected chi connectivity index (χ2v) is 6.36. The number of hydrogen-bond acceptors (Lipinski definition) is 6. The maximum Gasteiger partial charge on any atom is 0.338 e. The predicted molar refractivity (Wildman–Crippen MR) is 97.6 cm³/mol. The molecule has 2 aromatic rings. The van der Waals surface area contributed by atoms with Gasteiger partial charge in [0.05, 0.1) is 24.2 Å². The van der Waals surface area contributed by atoms with Crippen LogP contribution in [0.15, 0.2) is 21.7 Å². The number of carbonyl (C=O) groups is 2. The molecule has 0 aliphatic carbocycles. The maximum absolute atomic E-state index is 14.5. The van der Waals surface area contributed by atoms with E-state index in [1.165, 1.54) is 21.2 Å². The zero-order chi connectivity index (χ0) is 20.5. The first-order valence-corrected chi connectivity index (χ1v) is 8.37. The maximum atomic E-state index is 14.5. The van der Waals surface area contributed by atoms with E-state index in [1.54, 1.807) is 0 Å². The molecular formula is C16H15ClFN3O5S. The van der Waals surface area contributed by atoms with Crippen LogP contribution < -0.4 is 11.4 Å². The van der Waals surface area contributed by atoms with E-state index in [1.807, 2.05) is 0 Å². The van der Waals surface area contributed by atoms with Crippen molar-refractivity contribution >= 4 is 35.6 Å². The Bertz CT molecular complexity index is 1080. The average molecular weight is 416 g/mol. The van der Waals surface area contributed by atoms with Gasteiger partial charge < -0.3 is 4.74 Å². The van der Waals surface area contributed by atoms with E-state index in [0.717, 1.165) is 21.3 Å². The molecule has 0 saturated heterocycles. The van der Waals surface area contributed by atoms with Gasteiger partial charge in [0.2, 0.25) is 0 Å². The third kappa shape index (κ3) is 3.91. The molecule has 1 heterocycles. The van der Waals surface area contributed by atoms with Crippen LogP contribution in [0, 0.1) is 10.6 Å². The number of ether oxygens (including phenoxy) is 1. The van der Waals surface area contributed by atoms with Crippen molar-refractivity contribution in [2.24, 2.45) is 14.1 Å². The lowest BCUT2D eigenvalue weighted by Gasteiger charge is -2.13. The van der Waals surface area contributed by atoms with Crippen molar-refractivity contribution in [1.29, 1.82) is 0 Å². The van der Waals surface area contributed by atoms with Crippen LogP contribution in [-0.2, 0) is 23.6 Å². The minimum Gasteiger partial charge on any atom is -0.469 e. The van der Waals surface area contributed by atoms with E-state index in [2.05, 4.69) is 4.74 Å². The lowest BCUT2D eigenvalue weighted by molar-refractivity contribution is -0.140. The molecule has 0 saturated carbocycles. The van der Waals surface area contributed by atoms with Gasteiger partial charge in [0.1, 0.15) is 5.82 Å². The molecular weight excluding hydrogens is 401 g/mol. The van der Waals surface area contributed by atoms with E-state index in [0.29, 0.717) is 4.57 Å². The van der Waals surface area contributed by atoms with Gasteiger partial charge in [-0.15, -0.1) is 0 Å². The molecule has 0 bridgehead atoms. The van der Waals surface area contributed by atoms with Gasteiger partial charge in [-0.05, 0) is 24.4 Å². The molecule has 2 rings (SSSR count). The van der Waals surface area contributed by atoms with Crippen molar-refractivity contribution in [3.63, 3.8) is 0 Å². The summed E-state index contributed by atoms with van der Waals surface area (Å²) in [7, 11) is 3.84. The topological polar surface area (TPSA) is 92.3 Å². The van der Waals surface area contributed by atoms with Crippen LogP contribution in [0.3, 0.4) is 0 Å². The van der Waals surface area contributed by atoms with Gasteiger partial charge in [0.15, 0.2) is 10.6 Å². The number of esters is 1. The van der Waals surface area contributed by atoms with Crippen LogP contribution in [-0.4, -0.2) is 32.6 Å². The number of ketones is 1. The van der Waals surface area contributed by atoms with Gasteiger partial charge in [-0.3, -0.25) is 18.7 Å². The molecule has 0 spiro atoms. The molecule has 0 aliphatic heterocycles. The summed E-state index contributed by atoms with van der Waals surface area (Å²) in [6, 6.07) is 1.83. The summed E-state index contributed by atoms with van der Waals surface area (Å²) < 4.78 is 21.4. The van der Waals surface area contributed by atoms with Crippen LogP contribution in [0.4, 0.5) is 4.39 Å². The van der Waals surface area contributed by atoms with E-state index in [-0.39, 0.29) is 28.2 Å². The third-order valence-electron chi connectivity index (χ3n) is 3.89. The molecule has 0 atom stereocenters. The van der Waals surface area contributed by atoms with Crippen molar-refractivity contribution in [1.82, 2.24) is 13.7 Å². The van der Waals surface area contributed by atoms with E-state index >= 15 is 0 Å². The van der Waals surface area contributed by atoms with Crippen molar-refractivity contribution in [2.45, 2.75) is 12.8 Å². The number of aromatic nitrogens is 3. The average Bonchev–Trinajstić information content (AvgIpc) is 2.64. The smallest absolute Gasteiger partial charge is 0.338 e. The first-order valence-electron chi connectivity index (χ1n) is 7.58. The monoisotopic (exact) mass is 415 g/mol. The zero-order valence-electron chi connectivity index (χ0n) is 14.6. The summed E-state index contributed by atoms with van der Waals surface area (Å²) in [5.74, 6) is -2.14. The molecule has 0 unspecified atom stereocenters. The Morgan fingerprint density at radius 1 is 1.15 bits per heavy atom. The van der Waals surface area contributed by atoms with Crippen LogP contribution in [0.5, 0.6) is 0 Å². The molecule has 1 aromatic carbocycles. The number of nitrogens with zero attached hydrogens (tertiary/aromatic N) is 3. The number of halogens is 2. The van der Waals surface area contributed by atoms with Crippen LogP contribution in [0.25, 0.3) is 5.69 Å². The molecule has 0 N–H and O–H groups in total. The highest BCUT2D eigenvalue weighted by molar-refractivity contribution is 7.71. The number of benzene rings is 1. The molecule has 0 fully saturated rings. The summed E-state index contributed by atoms with van der Waals surface area (Å²) in [5, 5.41) is -0.208. The normalized spacial score (nSPS) is 10.7. The fourth-order valence-corrected chi connectivity index (χ4v) is 2.76. The highest BCUT2D eigenvalue weighted by atomic mass is 35.5. The lowest BCUT2D eigenvalue weighted by Crippen LogP contribution is -2.43. The molecule has 144 valence electrons. The molecule has 1 aromatic heterocycles. The zero-order valence-corrected chi connectivity index (χ0v) is 16.2. The number of hydrogen-bond donors (Lipinski definition) is 0. The van der Waals surface area contributed by atoms with Crippen LogP contribution in [0.2, 0.25) is 5.02 Å². The van der Waals surface area contributed by atoms with E-state index < -0.39 is 34.6 Å². The summed E-state index contributed by atoms with van der Waals surface area (Å²) in [4.78, 5) is 48.4. The van der Waals surface area contributed by atoms with Crippen LogP contribution in [0.1, 0.15) is 23.2 Å². The lowest BCUT2D eigenvalue weighted by atomic mass is 10.1. The minimum absolute atomic E-state index is 0.0509. The summed E-state index contributed by atoms with van der Waals surface area (Å²) in [5.41, 5.74) is -2.33. The SMILES string of the molecule is COC(=O)CCC(=O)c1cc(-n2c(=O)n(C)c(=S)n(C)c2=O)c(F)cc1Cl. The first kappa shape index (κ1) is 20.7. The van der Waals surface area contributed by atoms with Crippen molar-refractivity contribution < 1.29 is 18.7 Å². The fourth-order valence-electron chi connectivity index (χ4n) is 2.35. The molecule has 0 radical (unpaired) electrons. The Morgan fingerprint density at radius 2 is 1.70 bits per heavy atom. The Morgan fingerprint density at radius 3 is 2.22 bits per heavy atom. The quantitative estimate of drug-likeness (QED) is 0.418. The molecule has 27 heavy (non-hydrogen) atoms. The Labute approximate surface area is 162 Å². The second-order valence-electron chi connectivity index (χ2n) is 5.58. The fraction of sp³-hybridized carbons (Fsp3) is 0.312. The van der Waals surface area contributed by atoms with Gasteiger partial charge in [-0.25, -0.2) is 18.5 Å². The highest BCUT2D eigenvalue weighted by Crippen LogP contribution is 2.24. The number of carbonyl (C=O) groups excluding carboxylic acids is 2. The number of methoxy groups -OCH3 is 1. The van der Waals surface area contributed by atoms with Crippen molar-refractivity contribution in [2.75, 3.05) is 7.11 Å². The molecule has 0 aliphatic rings. The standard InChI is InChI=1S/C16H15ClFN3O5S/c1-19-14(24)21(15(25)20(2)16(19)27)11-6-8(9(17)7-10(11)18)12(22)4-5-13(23)26-3/h6-7H,4-5H2,1-3H3. The Hall–Kier alpha value is -2.59.